The van der Waals surface area contributed by atoms with E-state index in [-0.39, 0.29) is 30.7 Å². The molecule has 0 bridgehead atoms. The van der Waals surface area contributed by atoms with Gasteiger partial charge in [-0.2, -0.15) is 0 Å². The summed E-state index contributed by atoms with van der Waals surface area (Å²) in [5.41, 5.74) is 1.12. The van der Waals surface area contributed by atoms with Crippen LogP contribution < -0.4 is 0 Å². The molecule has 146 valence electrons. The summed E-state index contributed by atoms with van der Waals surface area (Å²) < 4.78 is 10.1. The van der Waals surface area contributed by atoms with Gasteiger partial charge in [0.2, 0.25) is 0 Å². The standard InChI is InChI=1S/C19H23ClN2O5/c1-3-4-11-26-13-27-22(10-9-20)17(19(24)25-2)18(23)15-12-21-16-8-6-5-7-14(15)16/h3-8,12,21,23H,9-11,13H2,1-2H3/b4-3-,18-17-. The molecular weight excluding hydrogens is 372 g/mol. The highest BCUT2D eigenvalue weighted by Crippen LogP contribution is 2.27. The smallest absolute Gasteiger partial charge is 0.360 e. The number of allylic oxidation sites excluding steroid dienone is 1. The summed E-state index contributed by atoms with van der Waals surface area (Å²) in [4.78, 5) is 20.9. The second-order valence-corrected chi connectivity index (χ2v) is 5.79. The van der Waals surface area contributed by atoms with Gasteiger partial charge in [0.15, 0.2) is 18.2 Å². The number of aromatic amines is 1. The Morgan fingerprint density at radius 3 is 2.85 bits per heavy atom. The number of carbonyl (C=O) groups is 1. The fraction of sp³-hybridized carbons (Fsp3) is 0.316. The number of benzene rings is 1. The van der Waals surface area contributed by atoms with Crippen molar-refractivity contribution < 1.29 is 24.2 Å². The SMILES string of the molecule is C/C=C\COCON(CCCl)/C(C(=O)OC)=C(\O)c1c[nH]c2ccccc12. The van der Waals surface area contributed by atoms with Gasteiger partial charge in [-0.15, -0.1) is 11.6 Å². The topological polar surface area (TPSA) is 84.0 Å². The van der Waals surface area contributed by atoms with Gasteiger partial charge in [-0.25, -0.2) is 14.7 Å². The van der Waals surface area contributed by atoms with Crippen LogP contribution in [-0.4, -0.2) is 54.1 Å². The molecule has 2 rings (SSSR count). The number of ether oxygens (including phenoxy) is 2. The third-order valence-electron chi connectivity index (χ3n) is 3.73. The van der Waals surface area contributed by atoms with Crippen molar-refractivity contribution in [3.63, 3.8) is 0 Å². The quantitative estimate of drug-likeness (QED) is 0.0936. The van der Waals surface area contributed by atoms with E-state index < -0.39 is 5.97 Å². The second-order valence-electron chi connectivity index (χ2n) is 5.41. The minimum Gasteiger partial charge on any atom is -0.505 e. The van der Waals surface area contributed by atoms with E-state index in [9.17, 15) is 9.90 Å². The number of H-pyrrole nitrogens is 1. The van der Waals surface area contributed by atoms with Crippen LogP contribution in [0.1, 0.15) is 12.5 Å². The van der Waals surface area contributed by atoms with E-state index in [4.69, 9.17) is 25.9 Å². The van der Waals surface area contributed by atoms with Gasteiger partial charge in [0.05, 0.1) is 20.3 Å². The maximum Gasteiger partial charge on any atom is 0.360 e. The number of para-hydroxylation sites is 1. The summed E-state index contributed by atoms with van der Waals surface area (Å²) in [6.45, 7) is 2.26. The fourth-order valence-electron chi connectivity index (χ4n) is 2.44. The summed E-state index contributed by atoms with van der Waals surface area (Å²) in [5, 5.41) is 12.8. The number of aliphatic hydroxyl groups excluding tert-OH is 1. The van der Waals surface area contributed by atoms with E-state index in [0.717, 1.165) is 10.9 Å². The number of halogens is 1. The highest BCUT2D eigenvalue weighted by atomic mass is 35.5. The maximum absolute atomic E-state index is 12.4. The first-order valence-corrected chi connectivity index (χ1v) is 8.90. The van der Waals surface area contributed by atoms with Crippen LogP contribution in [0.3, 0.4) is 0 Å². The van der Waals surface area contributed by atoms with Gasteiger partial charge in [-0.05, 0) is 13.0 Å². The lowest BCUT2D eigenvalue weighted by Crippen LogP contribution is -2.32. The highest BCUT2D eigenvalue weighted by molar-refractivity contribution is 6.18. The number of nitrogens with zero attached hydrogens (tertiary/aromatic N) is 1. The molecule has 2 aromatic rings. The lowest BCUT2D eigenvalue weighted by Gasteiger charge is -2.24. The van der Waals surface area contributed by atoms with Crippen molar-refractivity contribution in [2.75, 3.05) is 32.9 Å². The van der Waals surface area contributed by atoms with Crippen LogP contribution >= 0.6 is 11.6 Å². The number of hydroxylamine groups is 2. The van der Waals surface area contributed by atoms with E-state index >= 15 is 0 Å². The minimum absolute atomic E-state index is 0.122. The Labute approximate surface area is 162 Å². The minimum atomic E-state index is -0.753. The van der Waals surface area contributed by atoms with Gasteiger partial charge in [0.1, 0.15) is 0 Å². The first kappa shape index (κ1) is 20.8. The Balaban J connectivity index is 2.37. The van der Waals surface area contributed by atoms with Crippen LogP contribution in [0.2, 0.25) is 0 Å². The largest absolute Gasteiger partial charge is 0.505 e. The van der Waals surface area contributed by atoms with Crippen LogP contribution in [0, 0.1) is 0 Å². The van der Waals surface area contributed by atoms with Crippen LogP contribution in [0.25, 0.3) is 16.7 Å². The summed E-state index contributed by atoms with van der Waals surface area (Å²) in [5.74, 6) is -0.870. The molecule has 7 nitrogen and oxygen atoms in total. The molecular formula is C19H23ClN2O5. The molecule has 1 aromatic heterocycles. The molecule has 0 saturated carbocycles. The highest BCUT2D eigenvalue weighted by Gasteiger charge is 2.26. The normalized spacial score (nSPS) is 12.4. The average Bonchev–Trinajstić information content (AvgIpc) is 3.11. The number of carbonyl (C=O) groups excluding carboxylic acids is 1. The molecule has 0 radical (unpaired) electrons. The summed E-state index contributed by atoms with van der Waals surface area (Å²) in [7, 11) is 1.23. The average molecular weight is 395 g/mol. The Morgan fingerprint density at radius 2 is 2.15 bits per heavy atom. The molecule has 0 amide bonds. The lowest BCUT2D eigenvalue weighted by molar-refractivity contribution is -0.204. The van der Waals surface area contributed by atoms with E-state index in [1.54, 1.807) is 6.20 Å². The molecule has 0 unspecified atom stereocenters. The number of hydrogen-bond donors (Lipinski definition) is 2. The number of methoxy groups -OCH3 is 1. The van der Waals surface area contributed by atoms with Gasteiger partial charge in [-0.3, -0.25) is 0 Å². The van der Waals surface area contributed by atoms with Crippen LogP contribution in [0.4, 0.5) is 0 Å². The van der Waals surface area contributed by atoms with Crippen molar-refractivity contribution in [3.05, 3.63) is 53.9 Å². The Hall–Kier alpha value is -2.48. The van der Waals surface area contributed by atoms with Gasteiger partial charge in [-0.1, -0.05) is 30.4 Å². The van der Waals surface area contributed by atoms with Crippen molar-refractivity contribution in [2.24, 2.45) is 0 Å². The molecule has 0 saturated heterocycles. The van der Waals surface area contributed by atoms with Crippen LogP contribution in [0.15, 0.2) is 48.3 Å². The predicted octanol–water partition coefficient (Wildman–Crippen LogP) is 3.59. The molecule has 1 aromatic carbocycles. The number of hydrogen-bond acceptors (Lipinski definition) is 6. The third kappa shape index (κ3) is 5.26. The third-order valence-corrected chi connectivity index (χ3v) is 3.90. The first-order valence-electron chi connectivity index (χ1n) is 8.37. The van der Waals surface area contributed by atoms with Crippen molar-refractivity contribution in [3.8, 4) is 0 Å². The van der Waals surface area contributed by atoms with E-state index in [0.29, 0.717) is 12.2 Å². The molecule has 0 aliphatic rings. The first-order chi connectivity index (χ1) is 13.1. The number of esters is 1. The van der Waals surface area contributed by atoms with E-state index in [2.05, 4.69) is 4.98 Å². The number of fused-ring (bicyclic) bond motifs is 1. The molecule has 2 N–H and O–H groups in total. The van der Waals surface area contributed by atoms with E-state index in [1.165, 1.54) is 12.2 Å². The zero-order chi connectivity index (χ0) is 19.6. The Bertz CT molecular complexity index is 815. The second kappa shape index (κ2) is 10.6. The number of nitrogens with one attached hydrogen (secondary N) is 1. The summed E-state index contributed by atoms with van der Waals surface area (Å²) >= 11 is 5.84. The molecule has 8 heteroatoms. The number of aliphatic hydroxyl groups is 1. The maximum atomic E-state index is 12.4. The van der Waals surface area contributed by atoms with Gasteiger partial charge in [0, 0.05) is 28.5 Å². The summed E-state index contributed by atoms with van der Waals surface area (Å²) in [6, 6.07) is 7.41. The van der Waals surface area contributed by atoms with Crippen LogP contribution in [0.5, 0.6) is 0 Å². The number of aromatic nitrogens is 1. The predicted molar refractivity (Wildman–Crippen MR) is 104 cm³/mol. The van der Waals surface area contributed by atoms with Gasteiger partial charge < -0.3 is 19.6 Å². The molecule has 0 atom stereocenters. The number of rotatable bonds is 10. The van der Waals surface area contributed by atoms with Crippen molar-refractivity contribution >= 4 is 34.2 Å². The lowest BCUT2D eigenvalue weighted by atomic mass is 10.1. The number of alkyl halides is 1. The zero-order valence-electron chi connectivity index (χ0n) is 15.3. The van der Waals surface area contributed by atoms with Gasteiger partial charge in [0.25, 0.3) is 0 Å². The zero-order valence-corrected chi connectivity index (χ0v) is 16.0. The van der Waals surface area contributed by atoms with Gasteiger partial charge >= 0.3 is 5.97 Å². The molecule has 0 fully saturated rings. The molecule has 0 aliphatic carbocycles. The monoisotopic (exact) mass is 394 g/mol. The molecule has 27 heavy (non-hydrogen) atoms. The molecule has 1 heterocycles. The fourth-order valence-corrected chi connectivity index (χ4v) is 2.59. The Kier molecular flexibility index (Phi) is 8.19. The van der Waals surface area contributed by atoms with E-state index in [1.807, 2.05) is 43.3 Å². The van der Waals surface area contributed by atoms with Crippen molar-refractivity contribution in [1.29, 1.82) is 0 Å². The molecule has 0 aliphatic heterocycles. The van der Waals surface area contributed by atoms with Crippen molar-refractivity contribution in [1.82, 2.24) is 10.0 Å². The van der Waals surface area contributed by atoms with Crippen molar-refractivity contribution in [2.45, 2.75) is 6.92 Å². The van der Waals surface area contributed by atoms with Crippen LogP contribution in [-0.2, 0) is 19.1 Å². The molecule has 0 spiro atoms. The Morgan fingerprint density at radius 1 is 1.37 bits per heavy atom. The summed E-state index contributed by atoms with van der Waals surface area (Å²) in [6.07, 6.45) is 5.28.